The van der Waals surface area contributed by atoms with E-state index in [1.165, 1.54) is 0 Å². The SMILES string of the molecule is O.O=[As](O)(O)O. The third kappa shape index (κ3) is 1090. The molecule has 0 aromatic carbocycles. The van der Waals surface area contributed by atoms with Gasteiger partial charge in [0, 0.05) is 0 Å². The van der Waals surface area contributed by atoms with Crippen LogP contribution in [0.25, 0.3) is 0 Å². The zero-order valence-electron chi connectivity index (χ0n) is 2.70. The Morgan fingerprint density at radius 3 is 1.17 bits per heavy atom. The molecule has 0 rings (SSSR count). The molecule has 0 saturated carbocycles. The second kappa shape index (κ2) is 2.38. The first kappa shape index (κ1) is 9.50. The fourth-order valence-corrected chi connectivity index (χ4v) is 0. The van der Waals surface area contributed by atoms with Crippen LogP contribution in [0.1, 0.15) is 0 Å². The molecule has 6 heteroatoms. The summed E-state index contributed by atoms with van der Waals surface area (Å²) in [5.74, 6) is 0. The molecule has 0 unspecified atom stereocenters. The molecule has 0 aliphatic carbocycles. The molecule has 0 fully saturated rings. The maximum atomic E-state index is 8.94. The summed E-state index contributed by atoms with van der Waals surface area (Å²) in [6.45, 7) is 0. The predicted octanol–water partition coefficient (Wildman–Crippen LogP) is -3.00. The van der Waals surface area contributed by atoms with E-state index in [2.05, 4.69) is 0 Å². The van der Waals surface area contributed by atoms with Crippen molar-refractivity contribution in [1.82, 2.24) is 0 Å². The van der Waals surface area contributed by atoms with E-state index < -0.39 is 14.5 Å². The van der Waals surface area contributed by atoms with Crippen molar-refractivity contribution >= 4 is 14.5 Å². The topological polar surface area (TPSA) is 109 Å². The van der Waals surface area contributed by atoms with Gasteiger partial charge in [-0.2, -0.15) is 0 Å². The Morgan fingerprint density at radius 2 is 1.17 bits per heavy atom. The van der Waals surface area contributed by atoms with Gasteiger partial charge in [-0.25, -0.2) is 0 Å². The number of rotatable bonds is 0. The van der Waals surface area contributed by atoms with Gasteiger partial charge in [-0.1, -0.05) is 0 Å². The summed E-state index contributed by atoms with van der Waals surface area (Å²) in [5, 5.41) is 0. The van der Waals surface area contributed by atoms with E-state index in [-0.39, 0.29) is 5.48 Å². The standard InChI is InChI=1S/AsH3O4.H2O/c2-1(3,4)5;/h(H3,2,3,4,5);1H2. The van der Waals surface area contributed by atoms with Crippen LogP contribution in [-0.2, 0) is 3.74 Å². The van der Waals surface area contributed by atoms with Crippen molar-refractivity contribution < 1.29 is 21.5 Å². The van der Waals surface area contributed by atoms with Gasteiger partial charge in [-0.3, -0.25) is 0 Å². The molecule has 6 heavy (non-hydrogen) atoms. The van der Waals surface area contributed by atoms with Crippen LogP contribution in [0.15, 0.2) is 0 Å². The molecule has 0 aromatic heterocycles. The van der Waals surface area contributed by atoms with Crippen LogP contribution in [0, 0.1) is 0 Å². The van der Waals surface area contributed by atoms with Gasteiger partial charge in [0.05, 0.1) is 0 Å². The van der Waals surface area contributed by atoms with Crippen molar-refractivity contribution in [3.05, 3.63) is 0 Å². The average Bonchev–Trinajstić information content (AvgIpc) is 0.722. The first-order chi connectivity index (χ1) is 2.00. The second-order valence-corrected chi connectivity index (χ2v) is 2.67. The van der Waals surface area contributed by atoms with E-state index in [4.69, 9.17) is 16.0 Å². The molecule has 0 aliphatic rings. The van der Waals surface area contributed by atoms with Crippen molar-refractivity contribution in [2.75, 3.05) is 0 Å². The molecule has 0 aliphatic heterocycles. The molecule has 0 saturated heterocycles. The monoisotopic (exact) mass is 160 g/mol. The summed E-state index contributed by atoms with van der Waals surface area (Å²) < 4.78 is 30.7. The molecule has 0 heterocycles. The van der Waals surface area contributed by atoms with E-state index in [1.54, 1.807) is 0 Å². The van der Waals surface area contributed by atoms with Crippen molar-refractivity contribution in [3.8, 4) is 0 Å². The van der Waals surface area contributed by atoms with Crippen LogP contribution in [0.4, 0.5) is 0 Å². The zero-order valence-corrected chi connectivity index (χ0v) is 4.57. The van der Waals surface area contributed by atoms with E-state index in [0.717, 1.165) is 0 Å². The average molecular weight is 160 g/mol. The second-order valence-electron chi connectivity index (χ2n) is 0.513. The fourth-order valence-electron chi connectivity index (χ4n) is 0. The van der Waals surface area contributed by atoms with Crippen LogP contribution in [0.2, 0.25) is 0 Å². The fraction of sp³-hybridized carbons (Fsp3) is 0. The van der Waals surface area contributed by atoms with Gasteiger partial charge in [0.15, 0.2) is 0 Å². The molecule has 5 N–H and O–H groups in total. The number of hydrogen-bond acceptors (Lipinski definition) is 1. The Balaban J connectivity index is 0. The normalized spacial score (nSPS) is 9.83. The van der Waals surface area contributed by atoms with E-state index >= 15 is 0 Å². The Hall–Kier alpha value is 0.198. The van der Waals surface area contributed by atoms with Crippen LogP contribution < -0.4 is 0 Å². The minimum absolute atomic E-state index is 0. The molecule has 40 valence electrons. The van der Waals surface area contributed by atoms with Crippen molar-refractivity contribution in [2.45, 2.75) is 0 Å². The van der Waals surface area contributed by atoms with Gasteiger partial charge in [0.25, 0.3) is 0 Å². The first-order valence-corrected chi connectivity index (χ1v) is 4.07. The number of hydrogen-bond donors (Lipinski definition) is 3. The molecule has 0 radical (unpaired) electrons. The Morgan fingerprint density at radius 1 is 1.17 bits per heavy atom. The van der Waals surface area contributed by atoms with Crippen molar-refractivity contribution in [1.29, 1.82) is 0 Å². The molecular formula is H5AsO5. The summed E-state index contributed by atoms with van der Waals surface area (Å²) in [6.07, 6.45) is 0. The van der Waals surface area contributed by atoms with E-state index in [0.29, 0.717) is 0 Å². The summed E-state index contributed by atoms with van der Waals surface area (Å²) in [7, 11) is 0. The molecule has 0 amide bonds. The maximum absolute atomic E-state index is 8.94. The minimum atomic E-state index is -5.12. The summed E-state index contributed by atoms with van der Waals surface area (Å²) in [4.78, 5) is 0. The quantitative estimate of drug-likeness (QED) is 0.328. The van der Waals surface area contributed by atoms with Gasteiger partial charge in [0.2, 0.25) is 0 Å². The van der Waals surface area contributed by atoms with Crippen molar-refractivity contribution in [2.24, 2.45) is 0 Å². The summed E-state index contributed by atoms with van der Waals surface area (Å²) in [6, 6.07) is 0. The third-order valence-electron chi connectivity index (χ3n) is 0. The zero-order chi connectivity index (χ0) is 4.50. The molecule has 0 atom stereocenters. The Labute approximate surface area is 36.9 Å². The van der Waals surface area contributed by atoms with Crippen LogP contribution in [0.3, 0.4) is 0 Å². The van der Waals surface area contributed by atoms with E-state index in [9.17, 15) is 0 Å². The van der Waals surface area contributed by atoms with Crippen LogP contribution in [-0.4, -0.2) is 32.3 Å². The van der Waals surface area contributed by atoms with Gasteiger partial charge in [-0.05, 0) is 0 Å². The molecule has 0 bridgehead atoms. The Bertz CT molecular complexity index is 50.1. The first-order valence-electron chi connectivity index (χ1n) is 0.783. The van der Waals surface area contributed by atoms with Gasteiger partial charge in [-0.15, -0.1) is 0 Å². The molecule has 5 nitrogen and oxygen atoms in total. The summed E-state index contributed by atoms with van der Waals surface area (Å²) >= 11 is -5.12. The van der Waals surface area contributed by atoms with Crippen LogP contribution >= 0.6 is 0 Å². The Kier molecular flexibility index (Phi) is 3.78. The van der Waals surface area contributed by atoms with E-state index in [1.807, 2.05) is 0 Å². The summed E-state index contributed by atoms with van der Waals surface area (Å²) in [5.41, 5.74) is 0. The van der Waals surface area contributed by atoms with Crippen LogP contribution in [0.5, 0.6) is 0 Å². The molecular weight excluding hydrogens is 155 g/mol. The van der Waals surface area contributed by atoms with Gasteiger partial charge >= 0.3 is 30.5 Å². The molecule has 0 aromatic rings. The molecule has 0 spiro atoms. The predicted molar refractivity (Wildman–Crippen MR) is 16.7 cm³/mol. The third-order valence-corrected chi connectivity index (χ3v) is 0. The van der Waals surface area contributed by atoms with Crippen molar-refractivity contribution in [3.63, 3.8) is 0 Å². The van der Waals surface area contributed by atoms with Gasteiger partial charge in [0.1, 0.15) is 0 Å². The van der Waals surface area contributed by atoms with Gasteiger partial charge < -0.3 is 5.48 Å².